The third-order valence-corrected chi connectivity index (χ3v) is 1.96. The number of thiol groups is 1. The third-order valence-electron chi connectivity index (χ3n) is 1.59. The summed E-state index contributed by atoms with van der Waals surface area (Å²) >= 11 is 4.00. The molecular formula is C9H9FOS. The van der Waals surface area contributed by atoms with Crippen LogP contribution < -0.4 is 0 Å². The molecule has 1 aromatic rings. The highest BCUT2D eigenvalue weighted by Gasteiger charge is 2.12. The second-order valence-corrected chi connectivity index (χ2v) is 2.89. The molecule has 0 unspecified atom stereocenters. The van der Waals surface area contributed by atoms with Crippen LogP contribution in [0.25, 0.3) is 0 Å². The molecule has 3 heteroatoms. The topological polar surface area (TPSA) is 17.1 Å². The molecule has 0 heterocycles. The Morgan fingerprint density at radius 2 is 2.25 bits per heavy atom. The van der Waals surface area contributed by atoms with Crippen molar-refractivity contribution >= 4 is 18.4 Å². The van der Waals surface area contributed by atoms with E-state index in [-0.39, 0.29) is 11.3 Å². The molecule has 0 aliphatic heterocycles. The van der Waals surface area contributed by atoms with Crippen molar-refractivity contribution in [2.24, 2.45) is 0 Å². The van der Waals surface area contributed by atoms with Gasteiger partial charge >= 0.3 is 0 Å². The number of hydrogen-bond acceptors (Lipinski definition) is 2. The molecular weight excluding hydrogens is 175 g/mol. The average molecular weight is 184 g/mol. The van der Waals surface area contributed by atoms with E-state index in [0.717, 1.165) is 0 Å². The Kier molecular flexibility index (Phi) is 2.87. The van der Waals surface area contributed by atoms with Crippen molar-refractivity contribution in [3.8, 4) is 0 Å². The van der Waals surface area contributed by atoms with E-state index in [1.54, 1.807) is 13.0 Å². The third kappa shape index (κ3) is 1.67. The number of rotatable bonds is 2. The van der Waals surface area contributed by atoms with E-state index in [9.17, 15) is 9.18 Å². The van der Waals surface area contributed by atoms with Gasteiger partial charge < -0.3 is 0 Å². The molecule has 12 heavy (non-hydrogen) atoms. The molecule has 0 aliphatic carbocycles. The van der Waals surface area contributed by atoms with Crippen molar-refractivity contribution in [3.63, 3.8) is 0 Å². The zero-order valence-corrected chi connectivity index (χ0v) is 7.57. The Balaban J connectivity index is 3.21. The van der Waals surface area contributed by atoms with E-state index in [1.807, 2.05) is 0 Å². The lowest BCUT2D eigenvalue weighted by molar-refractivity contribution is 0.0981. The van der Waals surface area contributed by atoms with Gasteiger partial charge in [-0.25, -0.2) is 4.39 Å². The fourth-order valence-electron chi connectivity index (χ4n) is 0.966. The monoisotopic (exact) mass is 184 g/mol. The van der Waals surface area contributed by atoms with Crippen LogP contribution in [0.4, 0.5) is 4.39 Å². The Morgan fingerprint density at radius 3 is 2.75 bits per heavy atom. The quantitative estimate of drug-likeness (QED) is 0.552. The molecule has 1 aromatic carbocycles. The number of benzene rings is 1. The SMILES string of the molecule is CCC(=O)c1c(F)cccc1S. The van der Waals surface area contributed by atoms with Crippen molar-refractivity contribution in [3.05, 3.63) is 29.6 Å². The Labute approximate surface area is 76.0 Å². The summed E-state index contributed by atoms with van der Waals surface area (Å²) in [6, 6.07) is 4.40. The van der Waals surface area contributed by atoms with Gasteiger partial charge in [-0.15, -0.1) is 12.6 Å². The maximum atomic E-state index is 13.0. The zero-order chi connectivity index (χ0) is 9.14. The average Bonchev–Trinajstić information content (AvgIpc) is 2.03. The lowest BCUT2D eigenvalue weighted by atomic mass is 10.1. The van der Waals surface area contributed by atoms with Crippen molar-refractivity contribution < 1.29 is 9.18 Å². The maximum Gasteiger partial charge on any atom is 0.166 e. The fraction of sp³-hybridized carbons (Fsp3) is 0.222. The summed E-state index contributed by atoms with van der Waals surface area (Å²) in [4.78, 5) is 11.6. The minimum atomic E-state index is -0.491. The minimum absolute atomic E-state index is 0.100. The predicted octanol–water partition coefficient (Wildman–Crippen LogP) is 2.71. The molecule has 0 N–H and O–H groups in total. The fourth-order valence-corrected chi connectivity index (χ4v) is 1.28. The molecule has 0 aliphatic rings. The molecule has 64 valence electrons. The number of carbonyl (C=O) groups is 1. The van der Waals surface area contributed by atoms with Gasteiger partial charge in [-0.1, -0.05) is 13.0 Å². The summed E-state index contributed by atoms with van der Waals surface area (Å²) in [7, 11) is 0. The molecule has 0 aromatic heterocycles. The van der Waals surface area contributed by atoms with Gasteiger partial charge in [0.05, 0.1) is 5.56 Å². The standard InChI is InChI=1S/C9H9FOS/c1-2-7(11)9-6(10)4-3-5-8(9)12/h3-5,12H,2H2,1H3. The Morgan fingerprint density at radius 1 is 1.58 bits per heavy atom. The summed E-state index contributed by atoms with van der Waals surface area (Å²) in [6.07, 6.45) is 0.300. The molecule has 0 saturated carbocycles. The van der Waals surface area contributed by atoms with Crippen molar-refractivity contribution in [1.82, 2.24) is 0 Å². The Bertz CT molecular complexity index is 289. The van der Waals surface area contributed by atoms with Gasteiger partial charge in [0.1, 0.15) is 5.82 Å². The molecule has 0 radical (unpaired) electrons. The first-order valence-electron chi connectivity index (χ1n) is 3.67. The smallest absolute Gasteiger partial charge is 0.166 e. The summed E-state index contributed by atoms with van der Waals surface area (Å²) in [5, 5.41) is 0. The van der Waals surface area contributed by atoms with E-state index in [4.69, 9.17) is 0 Å². The van der Waals surface area contributed by atoms with Gasteiger partial charge in [0.2, 0.25) is 0 Å². The molecule has 0 saturated heterocycles. The highest BCUT2D eigenvalue weighted by molar-refractivity contribution is 7.80. The summed E-state index contributed by atoms with van der Waals surface area (Å²) < 4.78 is 13.0. The highest BCUT2D eigenvalue weighted by Crippen LogP contribution is 2.18. The van der Waals surface area contributed by atoms with Crippen LogP contribution in [-0.2, 0) is 0 Å². The lowest BCUT2D eigenvalue weighted by Crippen LogP contribution is -2.01. The largest absolute Gasteiger partial charge is 0.294 e. The van der Waals surface area contributed by atoms with Crippen molar-refractivity contribution in [1.29, 1.82) is 0 Å². The first-order valence-corrected chi connectivity index (χ1v) is 4.12. The van der Waals surface area contributed by atoms with E-state index in [2.05, 4.69) is 12.6 Å². The Hall–Kier alpha value is -0.830. The number of carbonyl (C=O) groups excluding carboxylic acids is 1. The van der Waals surface area contributed by atoms with Crippen LogP contribution in [0.5, 0.6) is 0 Å². The molecule has 1 nitrogen and oxygen atoms in total. The number of ketones is 1. The highest BCUT2D eigenvalue weighted by atomic mass is 32.1. The second-order valence-electron chi connectivity index (χ2n) is 2.41. The van der Waals surface area contributed by atoms with Crippen molar-refractivity contribution in [2.75, 3.05) is 0 Å². The lowest BCUT2D eigenvalue weighted by Gasteiger charge is -2.02. The number of hydrogen-bond donors (Lipinski definition) is 1. The molecule has 0 amide bonds. The molecule has 0 atom stereocenters. The molecule has 0 bridgehead atoms. The zero-order valence-electron chi connectivity index (χ0n) is 6.67. The van der Waals surface area contributed by atoms with Gasteiger partial charge in [-0.05, 0) is 12.1 Å². The van der Waals surface area contributed by atoms with Crippen LogP contribution >= 0.6 is 12.6 Å². The summed E-state index contributed by atoms with van der Waals surface area (Å²) in [5.74, 6) is -0.701. The van der Waals surface area contributed by atoms with Gasteiger partial charge in [-0.3, -0.25) is 4.79 Å². The normalized spacial score (nSPS) is 9.92. The van der Waals surface area contributed by atoms with Crippen LogP contribution in [0.15, 0.2) is 23.1 Å². The van der Waals surface area contributed by atoms with Crippen molar-refractivity contribution in [2.45, 2.75) is 18.2 Å². The van der Waals surface area contributed by atoms with E-state index in [1.165, 1.54) is 12.1 Å². The summed E-state index contributed by atoms with van der Waals surface area (Å²) in [5.41, 5.74) is 0.100. The van der Waals surface area contributed by atoms with Gasteiger partial charge in [0, 0.05) is 11.3 Å². The molecule has 0 fully saturated rings. The van der Waals surface area contributed by atoms with Crippen LogP contribution in [0.1, 0.15) is 23.7 Å². The maximum absolute atomic E-state index is 13.0. The van der Waals surface area contributed by atoms with E-state index < -0.39 is 5.82 Å². The minimum Gasteiger partial charge on any atom is -0.294 e. The molecule has 1 rings (SSSR count). The van der Waals surface area contributed by atoms with Gasteiger partial charge in [0.25, 0.3) is 0 Å². The van der Waals surface area contributed by atoms with E-state index >= 15 is 0 Å². The van der Waals surface area contributed by atoms with Gasteiger partial charge in [-0.2, -0.15) is 0 Å². The summed E-state index contributed by atoms with van der Waals surface area (Å²) in [6.45, 7) is 1.70. The molecule has 0 spiro atoms. The second kappa shape index (κ2) is 3.72. The number of halogens is 1. The first kappa shape index (κ1) is 9.26. The van der Waals surface area contributed by atoms with Crippen LogP contribution in [-0.4, -0.2) is 5.78 Å². The van der Waals surface area contributed by atoms with Crippen LogP contribution in [0.3, 0.4) is 0 Å². The first-order chi connectivity index (χ1) is 5.66. The van der Waals surface area contributed by atoms with E-state index in [0.29, 0.717) is 11.3 Å². The van der Waals surface area contributed by atoms with Crippen LogP contribution in [0, 0.1) is 5.82 Å². The number of Topliss-reactive ketones (excluding diaryl/α,β-unsaturated/α-hetero) is 1. The predicted molar refractivity (Wildman–Crippen MR) is 48.3 cm³/mol. The van der Waals surface area contributed by atoms with Crippen LogP contribution in [0.2, 0.25) is 0 Å². The van der Waals surface area contributed by atoms with Gasteiger partial charge in [0.15, 0.2) is 5.78 Å².